The second-order valence-corrected chi connectivity index (χ2v) is 6.50. The minimum Gasteiger partial charge on any atom is -0.308 e. The van der Waals surface area contributed by atoms with Crippen molar-refractivity contribution in [2.24, 2.45) is 0 Å². The van der Waals surface area contributed by atoms with Gasteiger partial charge in [0.05, 0.1) is 0 Å². The van der Waals surface area contributed by atoms with Gasteiger partial charge in [0.25, 0.3) is 0 Å². The van der Waals surface area contributed by atoms with E-state index < -0.39 is 0 Å². The van der Waals surface area contributed by atoms with Gasteiger partial charge in [0.2, 0.25) is 0 Å². The van der Waals surface area contributed by atoms with E-state index >= 15 is 0 Å². The Balaban J connectivity index is 1.76. The van der Waals surface area contributed by atoms with Gasteiger partial charge in [-0.1, -0.05) is 29.8 Å². The van der Waals surface area contributed by atoms with Crippen molar-refractivity contribution in [1.82, 2.24) is 4.90 Å². The number of carbonyl (C=O) groups excluding carboxylic acids is 1. The summed E-state index contributed by atoms with van der Waals surface area (Å²) in [5, 5.41) is 3.14. The normalized spacial score (nSPS) is 17.5. The minimum atomic E-state index is -0.298. The van der Waals surface area contributed by atoms with Gasteiger partial charge >= 0.3 is 6.03 Å². The van der Waals surface area contributed by atoms with Crippen molar-refractivity contribution < 1.29 is 9.18 Å². The molecule has 1 heterocycles. The molecule has 1 aliphatic rings. The summed E-state index contributed by atoms with van der Waals surface area (Å²) in [7, 11) is 0. The fourth-order valence-corrected chi connectivity index (χ4v) is 3.74. The summed E-state index contributed by atoms with van der Waals surface area (Å²) >= 11 is 7.39. The van der Waals surface area contributed by atoms with Crippen molar-refractivity contribution in [1.29, 1.82) is 0 Å². The van der Waals surface area contributed by atoms with Gasteiger partial charge in [-0.3, -0.25) is 0 Å². The average molecular weight is 337 g/mol. The lowest BCUT2D eigenvalue weighted by atomic mass is 10.2. The molecular weight excluding hydrogens is 323 g/mol. The van der Waals surface area contributed by atoms with Crippen LogP contribution < -0.4 is 5.32 Å². The van der Waals surface area contributed by atoms with E-state index in [2.05, 4.69) is 5.32 Å². The van der Waals surface area contributed by atoms with Gasteiger partial charge < -0.3 is 10.2 Å². The van der Waals surface area contributed by atoms with E-state index in [-0.39, 0.29) is 17.2 Å². The predicted molar refractivity (Wildman–Crippen MR) is 88.8 cm³/mol. The van der Waals surface area contributed by atoms with E-state index in [9.17, 15) is 9.18 Å². The van der Waals surface area contributed by atoms with E-state index in [0.717, 1.165) is 5.75 Å². The molecule has 1 saturated heterocycles. The number of anilines is 1. The first-order valence-corrected chi connectivity index (χ1v) is 8.27. The van der Waals surface area contributed by atoms with Crippen LogP contribution in [0.25, 0.3) is 0 Å². The fraction of sp³-hybridized carbons (Fsp3) is 0.188. The Morgan fingerprint density at radius 2 is 1.95 bits per heavy atom. The van der Waals surface area contributed by atoms with E-state index in [1.165, 1.54) is 6.07 Å². The lowest BCUT2D eigenvalue weighted by molar-refractivity contribution is 0.213. The molecule has 0 bridgehead atoms. The van der Waals surface area contributed by atoms with Crippen LogP contribution in [-0.4, -0.2) is 23.2 Å². The Kier molecular flexibility index (Phi) is 4.55. The maximum atomic E-state index is 14.0. The predicted octanol–water partition coefficient (Wildman–Crippen LogP) is 4.76. The zero-order chi connectivity index (χ0) is 15.5. The highest BCUT2D eigenvalue weighted by atomic mass is 35.5. The van der Waals surface area contributed by atoms with E-state index in [1.54, 1.807) is 59.1 Å². The zero-order valence-electron chi connectivity index (χ0n) is 11.6. The van der Waals surface area contributed by atoms with Crippen LogP contribution in [-0.2, 0) is 0 Å². The zero-order valence-corrected chi connectivity index (χ0v) is 13.2. The second kappa shape index (κ2) is 6.58. The highest BCUT2D eigenvalue weighted by molar-refractivity contribution is 7.99. The molecule has 1 unspecified atom stereocenters. The number of amides is 2. The monoisotopic (exact) mass is 336 g/mol. The third-order valence-corrected chi connectivity index (χ3v) is 4.91. The number of carbonyl (C=O) groups is 1. The van der Waals surface area contributed by atoms with Crippen LogP contribution in [0.5, 0.6) is 0 Å². The molecule has 0 saturated carbocycles. The van der Waals surface area contributed by atoms with Gasteiger partial charge in [-0.05, 0) is 30.3 Å². The maximum Gasteiger partial charge on any atom is 0.323 e. The third kappa shape index (κ3) is 3.20. The Morgan fingerprint density at radius 3 is 2.68 bits per heavy atom. The number of hydrogen-bond donors (Lipinski definition) is 1. The smallest absolute Gasteiger partial charge is 0.308 e. The molecule has 6 heteroatoms. The SMILES string of the molecule is O=C(Nc1ccc(Cl)cc1)N1CCSC1c1ccccc1F. The van der Waals surface area contributed by atoms with Crippen molar-refractivity contribution in [2.75, 3.05) is 17.6 Å². The van der Waals surface area contributed by atoms with Gasteiger partial charge in [-0.2, -0.15) is 0 Å². The van der Waals surface area contributed by atoms with E-state index in [0.29, 0.717) is 22.8 Å². The standard InChI is InChI=1S/C16H14ClFN2OS/c17-11-5-7-12(8-6-11)19-16(21)20-9-10-22-15(20)13-3-1-2-4-14(13)18/h1-8,15H,9-10H2,(H,19,21). The Bertz CT molecular complexity index is 680. The molecule has 1 N–H and O–H groups in total. The maximum absolute atomic E-state index is 14.0. The average Bonchev–Trinajstić information content (AvgIpc) is 2.99. The van der Waals surface area contributed by atoms with Crippen molar-refractivity contribution in [3.63, 3.8) is 0 Å². The first-order chi connectivity index (χ1) is 10.6. The minimum absolute atomic E-state index is 0.236. The molecule has 1 fully saturated rings. The van der Waals surface area contributed by atoms with Crippen molar-refractivity contribution >= 4 is 35.1 Å². The van der Waals surface area contributed by atoms with Crippen LogP contribution in [0, 0.1) is 5.82 Å². The van der Waals surface area contributed by atoms with Crippen molar-refractivity contribution in [3.05, 3.63) is 64.9 Å². The summed E-state index contributed by atoms with van der Waals surface area (Å²) < 4.78 is 14.0. The number of hydrogen-bond acceptors (Lipinski definition) is 2. The summed E-state index contributed by atoms with van der Waals surface area (Å²) in [5.74, 6) is 0.499. The molecule has 1 atom stereocenters. The number of thioether (sulfide) groups is 1. The molecule has 0 aromatic heterocycles. The number of nitrogens with zero attached hydrogens (tertiary/aromatic N) is 1. The van der Waals surface area contributed by atoms with E-state index in [4.69, 9.17) is 11.6 Å². The number of urea groups is 1. The van der Waals surface area contributed by atoms with Crippen LogP contribution >= 0.6 is 23.4 Å². The summed E-state index contributed by atoms with van der Waals surface area (Å²) in [6.07, 6.45) is 0. The van der Waals surface area contributed by atoms with Crippen molar-refractivity contribution in [2.45, 2.75) is 5.37 Å². The van der Waals surface area contributed by atoms with Crippen molar-refractivity contribution in [3.8, 4) is 0 Å². The van der Waals surface area contributed by atoms with Crippen LogP contribution in [0.4, 0.5) is 14.9 Å². The molecule has 2 aromatic carbocycles. The highest BCUT2D eigenvalue weighted by Gasteiger charge is 2.32. The van der Waals surface area contributed by atoms with Gasteiger partial charge in [0.15, 0.2) is 0 Å². The topological polar surface area (TPSA) is 32.3 Å². The Morgan fingerprint density at radius 1 is 1.23 bits per heavy atom. The number of benzene rings is 2. The molecule has 0 spiro atoms. The lowest BCUT2D eigenvalue weighted by Gasteiger charge is -2.24. The fourth-order valence-electron chi connectivity index (χ4n) is 2.34. The summed E-state index contributed by atoms with van der Waals surface area (Å²) in [6.45, 7) is 0.586. The van der Waals surface area contributed by atoms with Crippen LogP contribution in [0.15, 0.2) is 48.5 Å². The first-order valence-electron chi connectivity index (χ1n) is 6.84. The third-order valence-electron chi connectivity index (χ3n) is 3.42. The van der Waals surface area contributed by atoms with Gasteiger partial charge in [-0.25, -0.2) is 9.18 Å². The molecule has 3 rings (SSSR count). The Labute approximate surface area is 137 Å². The van der Waals surface area contributed by atoms with Crippen LogP contribution in [0.1, 0.15) is 10.9 Å². The molecule has 0 radical (unpaired) electrons. The van der Waals surface area contributed by atoms with Crippen LogP contribution in [0.3, 0.4) is 0 Å². The molecule has 2 amide bonds. The summed E-state index contributed by atoms with van der Waals surface area (Å²) in [6, 6.07) is 13.2. The largest absolute Gasteiger partial charge is 0.323 e. The molecule has 3 nitrogen and oxygen atoms in total. The molecule has 114 valence electrons. The Hall–Kier alpha value is -1.72. The molecule has 0 aliphatic carbocycles. The quantitative estimate of drug-likeness (QED) is 0.857. The summed E-state index contributed by atoms with van der Waals surface area (Å²) in [4.78, 5) is 14.1. The number of rotatable bonds is 2. The van der Waals surface area contributed by atoms with Gasteiger partial charge in [0.1, 0.15) is 11.2 Å². The van der Waals surface area contributed by atoms with Crippen LogP contribution in [0.2, 0.25) is 5.02 Å². The number of nitrogens with one attached hydrogen (secondary N) is 1. The highest BCUT2D eigenvalue weighted by Crippen LogP contribution is 2.39. The molecular formula is C16H14ClFN2OS. The second-order valence-electron chi connectivity index (χ2n) is 4.88. The molecule has 1 aliphatic heterocycles. The molecule has 22 heavy (non-hydrogen) atoms. The lowest BCUT2D eigenvalue weighted by Crippen LogP contribution is -2.34. The summed E-state index contributed by atoms with van der Waals surface area (Å²) in [5.41, 5.74) is 1.20. The number of halogens is 2. The van der Waals surface area contributed by atoms with Gasteiger partial charge in [-0.15, -0.1) is 11.8 Å². The molecule has 2 aromatic rings. The van der Waals surface area contributed by atoms with Gasteiger partial charge in [0, 0.05) is 28.6 Å². The first kappa shape index (κ1) is 15.2. The van der Waals surface area contributed by atoms with E-state index in [1.807, 2.05) is 0 Å².